The van der Waals surface area contributed by atoms with Crippen molar-refractivity contribution in [2.75, 3.05) is 6.61 Å². The highest BCUT2D eigenvalue weighted by atomic mass is 16.6. The molecule has 8 nitrogen and oxygen atoms in total. The molecule has 1 atom stereocenters. The Morgan fingerprint density at radius 1 is 0.895 bits per heavy atom. The fraction of sp³-hybridized carbons (Fsp3) is 0.333. The number of aliphatic hydroxyl groups is 1. The number of ether oxygens (including phenoxy) is 1. The van der Waals surface area contributed by atoms with Crippen LogP contribution >= 0.6 is 0 Å². The minimum Gasteiger partial charge on any atom is -0.448 e. The van der Waals surface area contributed by atoms with Gasteiger partial charge in [0.05, 0.1) is 12.3 Å². The molecule has 38 heavy (non-hydrogen) atoms. The van der Waals surface area contributed by atoms with Crippen LogP contribution in [0.25, 0.3) is 0 Å². The molecule has 0 aliphatic rings. The quantitative estimate of drug-likeness (QED) is 0.104. The molecule has 5 N–H and O–H groups in total. The largest absolute Gasteiger partial charge is 0.448 e. The van der Waals surface area contributed by atoms with Crippen LogP contribution in [0.4, 0.5) is 4.79 Å². The Kier molecular flexibility index (Phi) is 10.3. The Morgan fingerprint density at radius 2 is 1.37 bits per heavy atom. The van der Waals surface area contributed by atoms with Gasteiger partial charge in [-0.25, -0.2) is 9.59 Å². The highest BCUT2D eigenvalue weighted by Gasteiger charge is 2.52. The minimum absolute atomic E-state index is 0.0994. The van der Waals surface area contributed by atoms with Gasteiger partial charge in [0, 0.05) is 12.8 Å². The number of unbranched alkanes of at least 4 members (excludes halogenated alkanes) is 1. The average Bonchev–Trinajstić information content (AvgIpc) is 2.92. The van der Waals surface area contributed by atoms with E-state index in [2.05, 4.69) is 5.10 Å². The summed E-state index contributed by atoms with van der Waals surface area (Å²) >= 11 is 0. The predicted octanol–water partition coefficient (Wildman–Crippen LogP) is 3.92. The van der Waals surface area contributed by atoms with Crippen molar-refractivity contribution < 1.29 is 19.4 Å². The summed E-state index contributed by atoms with van der Waals surface area (Å²) in [7, 11) is 0. The first-order chi connectivity index (χ1) is 18.3. The number of amides is 1. The summed E-state index contributed by atoms with van der Waals surface area (Å²) in [6, 6.07) is 28.6. The van der Waals surface area contributed by atoms with Crippen LogP contribution in [0.1, 0.15) is 36.5 Å². The molecule has 0 aliphatic carbocycles. The molecule has 0 spiro atoms. The van der Waals surface area contributed by atoms with Crippen LogP contribution in [0.3, 0.4) is 0 Å². The summed E-state index contributed by atoms with van der Waals surface area (Å²) < 4.78 is 5.56. The van der Waals surface area contributed by atoms with Crippen LogP contribution in [0, 0.1) is 0 Å². The van der Waals surface area contributed by atoms with Gasteiger partial charge >= 0.3 is 6.09 Å². The molecule has 1 amide bonds. The SMILES string of the molecule is CC(N)(N)C(O)C(Cc1ccccc1)(Cc1ccccc1)N(N=C=O)C(=O)OCCCCc1ccccc1. The topological polar surface area (TPSA) is 131 Å². The summed E-state index contributed by atoms with van der Waals surface area (Å²) in [5.74, 6) is 0. The van der Waals surface area contributed by atoms with Gasteiger partial charge in [0.2, 0.25) is 0 Å². The lowest BCUT2D eigenvalue weighted by atomic mass is 9.75. The van der Waals surface area contributed by atoms with Crippen molar-refractivity contribution in [1.29, 1.82) is 0 Å². The van der Waals surface area contributed by atoms with E-state index in [1.165, 1.54) is 18.6 Å². The molecule has 0 aromatic heterocycles. The van der Waals surface area contributed by atoms with Gasteiger partial charge in [0.1, 0.15) is 11.6 Å². The molecule has 8 heteroatoms. The van der Waals surface area contributed by atoms with E-state index in [-0.39, 0.29) is 19.4 Å². The lowest BCUT2D eigenvalue weighted by Crippen LogP contribution is -2.71. The predicted molar refractivity (Wildman–Crippen MR) is 146 cm³/mol. The van der Waals surface area contributed by atoms with Crippen molar-refractivity contribution in [3.05, 3.63) is 108 Å². The second kappa shape index (κ2) is 13.7. The van der Waals surface area contributed by atoms with Crippen LogP contribution in [0.2, 0.25) is 0 Å². The van der Waals surface area contributed by atoms with Gasteiger partial charge in [-0.1, -0.05) is 96.1 Å². The van der Waals surface area contributed by atoms with E-state index in [1.807, 2.05) is 91.0 Å². The van der Waals surface area contributed by atoms with Gasteiger partial charge in [0.25, 0.3) is 6.08 Å². The third-order valence-corrected chi connectivity index (χ3v) is 6.47. The number of aryl methyl sites for hydroxylation is 1. The third kappa shape index (κ3) is 7.84. The smallest absolute Gasteiger partial charge is 0.431 e. The minimum atomic E-state index is -1.64. The number of rotatable bonds is 13. The van der Waals surface area contributed by atoms with Crippen molar-refractivity contribution in [3.8, 4) is 0 Å². The number of nitrogens with zero attached hydrogens (tertiary/aromatic N) is 2. The van der Waals surface area contributed by atoms with E-state index >= 15 is 0 Å². The van der Waals surface area contributed by atoms with E-state index in [9.17, 15) is 14.7 Å². The zero-order valence-electron chi connectivity index (χ0n) is 21.7. The zero-order chi connectivity index (χ0) is 27.4. The van der Waals surface area contributed by atoms with Crippen molar-refractivity contribution >= 4 is 12.2 Å². The first-order valence-corrected chi connectivity index (χ1v) is 12.7. The van der Waals surface area contributed by atoms with E-state index in [0.717, 1.165) is 29.0 Å². The van der Waals surface area contributed by atoms with E-state index in [1.54, 1.807) is 0 Å². The lowest BCUT2D eigenvalue weighted by molar-refractivity contribution is -0.0614. The highest BCUT2D eigenvalue weighted by Crippen LogP contribution is 2.34. The standard InChI is InChI=1S/C30H36N4O4/c1-29(31,32)27(36)30(21-25-16-7-3-8-17-25,22-26-18-9-4-10-19-26)34(33-23-35)28(37)38-20-12-11-15-24-13-5-2-6-14-24/h2-10,13-14,16-19,27,36H,11-12,15,20-22,31-32H2,1H3. The van der Waals surface area contributed by atoms with Gasteiger partial charge in [-0.05, 0) is 42.9 Å². The molecule has 0 fully saturated rings. The Hall–Kier alpha value is -3.81. The second-order valence-corrected chi connectivity index (χ2v) is 9.76. The first-order valence-electron chi connectivity index (χ1n) is 12.7. The highest BCUT2D eigenvalue weighted by molar-refractivity contribution is 5.69. The molecule has 0 saturated heterocycles. The normalized spacial score (nSPS) is 12.3. The number of hydrogen-bond donors (Lipinski definition) is 3. The van der Waals surface area contributed by atoms with E-state index < -0.39 is 23.4 Å². The number of isocyanates is 1. The maximum absolute atomic E-state index is 13.5. The number of benzene rings is 3. The van der Waals surface area contributed by atoms with Gasteiger partial charge in [-0.15, -0.1) is 0 Å². The summed E-state index contributed by atoms with van der Waals surface area (Å²) in [5, 5.41) is 16.2. The second-order valence-electron chi connectivity index (χ2n) is 9.76. The fourth-order valence-electron chi connectivity index (χ4n) is 4.66. The van der Waals surface area contributed by atoms with Gasteiger partial charge in [-0.3, -0.25) is 0 Å². The molecule has 3 rings (SSSR count). The van der Waals surface area contributed by atoms with Crippen LogP contribution in [0.5, 0.6) is 0 Å². The molecular weight excluding hydrogens is 480 g/mol. The van der Waals surface area contributed by atoms with Crippen LogP contribution in [-0.4, -0.2) is 46.2 Å². The molecule has 0 aliphatic heterocycles. The Labute approximate surface area is 223 Å². The molecular formula is C30H36N4O4. The van der Waals surface area contributed by atoms with Gasteiger partial charge in [-0.2, -0.15) is 5.01 Å². The molecule has 0 radical (unpaired) electrons. The lowest BCUT2D eigenvalue weighted by Gasteiger charge is -2.47. The molecule has 0 bridgehead atoms. The number of carbonyl (C=O) groups is 1. The van der Waals surface area contributed by atoms with Crippen molar-refractivity contribution in [3.63, 3.8) is 0 Å². The maximum Gasteiger partial charge on any atom is 0.431 e. The summed E-state index contributed by atoms with van der Waals surface area (Å²) in [5.41, 5.74) is 12.0. The van der Waals surface area contributed by atoms with E-state index in [0.29, 0.717) is 6.42 Å². The summed E-state index contributed by atoms with van der Waals surface area (Å²) in [4.78, 5) is 25.1. The van der Waals surface area contributed by atoms with Gasteiger partial charge < -0.3 is 21.3 Å². The molecule has 0 heterocycles. The van der Waals surface area contributed by atoms with Crippen molar-refractivity contribution in [1.82, 2.24) is 5.01 Å². The average molecular weight is 517 g/mol. The molecule has 200 valence electrons. The Bertz CT molecular complexity index is 1140. The number of carbonyl (C=O) groups excluding carboxylic acids is 2. The van der Waals surface area contributed by atoms with Crippen LogP contribution in [0.15, 0.2) is 96.1 Å². The first kappa shape index (κ1) is 28.8. The fourth-order valence-corrected chi connectivity index (χ4v) is 4.66. The van der Waals surface area contributed by atoms with E-state index in [4.69, 9.17) is 16.2 Å². The maximum atomic E-state index is 13.5. The van der Waals surface area contributed by atoms with Gasteiger partial charge in [0.15, 0.2) is 0 Å². The number of hydrogen-bond acceptors (Lipinski definition) is 7. The number of aliphatic hydroxyl groups excluding tert-OH is 1. The monoisotopic (exact) mass is 516 g/mol. The summed E-state index contributed by atoms with van der Waals surface area (Å²) in [6.45, 7) is 1.57. The summed E-state index contributed by atoms with van der Waals surface area (Å²) in [6.07, 6.45) is 1.53. The number of nitrogens with two attached hydrogens (primary N) is 2. The molecule has 3 aromatic rings. The zero-order valence-corrected chi connectivity index (χ0v) is 21.7. The molecule has 3 aromatic carbocycles. The third-order valence-electron chi connectivity index (χ3n) is 6.47. The molecule has 0 saturated carbocycles. The van der Waals surface area contributed by atoms with Crippen LogP contribution in [-0.2, 0) is 28.8 Å². The molecule has 1 unspecified atom stereocenters. The van der Waals surface area contributed by atoms with Crippen molar-refractivity contribution in [2.45, 2.75) is 56.3 Å². The number of hydrazone groups is 1. The van der Waals surface area contributed by atoms with Crippen LogP contribution < -0.4 is 11.5 Å². The van der Waals surface area contributed by atoms with Crippen molar-refractivity contribution in [2.24, 2.45) is 16.6 Å². The Morgan fingerprint density at radius 3 is 1.82 bits per heavy atom. The Balaban J connectivity index is 1.91.